The van der Waals surface area contributed by atoms with E-state index in [1.54, 1.807) is 17.0 Å². The van der Waals surface area contributed by atoms with Crippen LogP contribution in [-0.4, -0.2) is 20.6 Å². The van der Waals surface area contributed by atoms with Crippen LogP contribution < -0.4 is 5.73 Å². The molecule has 1 aromatic rings. The highest BCUT2D eigenvalue weighted by molar-refractivity contribution is 5.66. The third-order valence-electron chi connectivity index (χ3n) is 1.55. The van der Waals surface area contributed by atoms with Crippen molar-refractivity contribution in [3.63, 3.8) is 0 Å². The van der Waals surface area contributed by atoms with Crippen LogP contribution in [0.4, 0.5) is 0 Å². The smallest absolute Gasteiger partial charge is 0.305 e. The Morgan fingerprint density at radius 2 is 2.50 bits per heavy atom. The van der Waals surface area contributed by atoms with Crippen molar-refractivity contribution in [1.29, 1.82) is 0 Å². The van der Waals surface area contributed by atoms with E-state index in [2.05, 4.69) is 4.98 Å². The predicted octanol–water partition coefficient (Wildman–Crippen LogP) is -0.184. The molecule has 0 atom stereocenters. The van der Waals surface area contributed by atoms with E-state index in [-0.39, 0.29) is 6.42 Å². The lowest BCUT2D eigenvalue weighted by Crippen LogP contribution is -2.10. The number of rotatable bonds is 4. The van der Waals surface area contributed by atoms with Crippen LogP contribution in [0.3, 0.4) is 0 Å². The molecule has 0 radical (unpaired) electrons. The first kappa shape index (κ1) is 8.73. The fraction of sp³-hybridized carbons (Fsp3) is 0.429. The van der Waals surface area contributed by atoms with E-state index in [1.165, 1.54) is 0 Å². The lowest BCUT2D eigenvalue weighted by molar-refractivity contribution is -0.137. The molecule has 66 valence electrons. The topological polar surface area (TPSA) is 81.1 Å². The largest absolute Gasteiger partial charge is 0.481 e. The predicted molar refractivity (Wildman–Crippen MR) is 42.4 cm³/mol. The summed E-state index contributed by atoms with van der Waals surface area (Å²) in [5.74, 6) is -0.0945. The van der Waals surface area contributed by atoms with Gasteiger partial charge in [0.2, 0.25) is 0 Å². The summed E-state index contributed by atoms with van der Waals surface area (Å²) >= 11 is 0. The maximum atomic E-state index is 10.2. The minimum Gasteiger partial charge on any atom is -0.481 e. The van der Waals surface area contributed by atoms with Gasteiger partial charge >= 0.3 is 5.97 Å². The Hall–Kier alpha value is -1.36. The summed E-state index contributed by atoms with van der Waals surface area (Å²) in [7, 11) is 0. The van der Waals surface area contributed by atoms with E-state index < -0.39 is 5.97 Å². The van der Waals surface area contributed by atoms with Crippen LogP contribution in [0.1, 0.15) is 12.2 Å². The molecular weight excluding hydrogens is 158 g/mol. The van der Waals surface area contributed by atoms with Gasteiger partial charge in [0.05, 0.1) is 13.0 Å². The van der Waals surface area contributed by atoms with E-state index in [1.807, 2.05) is 0 Å². The molecule has 0 aliphatic rings. The average molecular weight is 169 g/mol. The Morgan fingerprint density at radius 1 is 1.75 bits per heavy atom. The zero-order chi connectivity index (χ0) is 8.97. The first-order valence-electron chi connectivity index (χ1n) is 3.66. The molecule has 0 fully saturated rings. The highest BCUT2D eigenvalue weighted by Gasteiger charge is 2.02. The summed E-state index contributed by atoms with van der Waals surface area (Å²) in [5.41, 5.74) is 5.37. The zero-order valence-electron chi connectivity index (χ0n) is 6.60. The number of aromatic nitrogens is 2. The van der Waals surface area contributed by atoms with Gasteiger partial charge in [0.25, 0.3) is 0 Å². The molecule has 0 aromatic carbocycles. The number of imidazole rings is 1. The molecule has 0 bridgehead atoms. The van der Waals surface area contributed by atoms with Gasteiger partial charge in [-0.1, -0.05) is 0 Å². The third-order valence-corrected chi connectivity index (χ3v) is 1.55. The molecule has 0 saturated carbocycles. The van der Waals surface area contributed by atoms with Crippen molar-refractivity contribution in [2.75, 3.05) is 0 Å². The molecule has 1 aromatic heterocycles. The number of aryl methyl sites for hydroxylation is 1. The Kier molecular flexibility index (Phi) is 2.82. The van der Waals surface area contributed by atoms with Crippen molar-refractivity contribution in [2.45, 2.75) is 19.5 Å². The van der Waals surface area contributed by atoms with Gasteiger partial charge in [-0.2, -0.15) is 0 Å². The summed E-state index contributed by atoms with van der Waals surface area (Å²) in [5, 5.41) is 8.41. The maximum absolute atomic E-state index is 10.2. The number of nitrogens with two attached hydrogens (primary N) is 1. The van der Waals surface area contributed by atoms with Crippen LogP contribution >= 0.6 is 0 Å². The molecule has 0 unspecified atom stereocenters. The number of nitrogens with zero attached hydrogens (tertiary/aromatic N) is 2. The van der Waals surface area contributed by atoms with Crippen LogP contribution in [0, 0.1) is 0 Å². The van der Waals surface area contributed by atoms with Crippen molar-refractivity contribution in [3.8, 4) is 0 Å². The van der Waals surface area contributed by atoms with E-state index in [0.29, 0.717) is 13.1 Å². The fourth-order valence-corrected chi connectivity index (χ4v) is 0.950. The molecule has 1 rings (SSSR count). The second-order valence-corrected chi connectivity index (χ2v) is 2.38. The molecule has 0 aliphatic carbocycles. The van der Waals surface area contributed by atoms with Gasteiger partial charge in [-0.3, -0.25) is 4.79 Å². The molecular formula is C7H11N3O2. The van der Waals surface area contributed by atoms with Crippen molar-refractivity contribution >= 4 is 5.97 Å². The van der Waals surface area contributed by atoms with Crippen molar-refractivity contribution < 1.29 is 9.90 Å². The highest BCUT2D eigenvalue weighted by Crippen LogP contribution is 1.97. The summed E-state index contributed by atoms with van der Waals surface area (Å²) in [4.78, 5) is 14.2. The van der Waals surface area contributed by atoms with Gasteiger partial charge in [-0.15, -0.1) is 0 Å². The maximum Gasteiger partial charge on any atom is 0.305 e. The highest BCUT2D eigenvalue weighted by atomic mass is 16.4. The second kappa shape index (κ2) is 3.87. The van der Waals surface area contributed by atoms with Crippen molar-refractivity contribution in [3.05, 3.63) is 18.2 Å². The Balaban J connectivity index is 2.56. The number of hydrogen-bond acceptors (Lipinski definition) is 3. The number of aliphatic carboxylic acids is 1. The average Bonchev–Trinajstić information content (AvgIpc) is 2.47. The minimum atomic E-state index is -0.813. The van der Waals surface area contributed by atoms with Crippen LogP contribution in [0.25, 0.3) is 0 Å². The van der Waals surface area contributed by atoms with E-state index in [0.717, 1.165) is 5.82 Å². The second-order valence-electron chi connectivity index (χ2n) is 2.38. The summed E-state index contributed by atoms with van der Waals surface area (Å²) in [6, 6.07) is 0. The van der Waals surface area contributed by atoms with Gasteiger partial charge in [0.15, 0.2) is 0 Å². The molecule has 5 nitrogen and oxygen atoms in total. The molecule has 0 spiro atoms. The van der Waals surface area contributed by atoms with Gasteiger partial charge < -0.3 is 15.4 Å². The zero-order valence-corrected chi connectivity index (χ0v) is 6.60. The monoisotopic (exact) mass is 169 g/mol. The fourth-order valence-electron chi connectivity index (χ4n) is 0.950. The first-order valence-corrected chi connectivity index (χ1v) is 3.66. The molecule has 0 aliphatic heterocycles. The Labute approximate surface area is 69.8 Å². The lowest BCUT2D eigenvalue weighted by Gasteiger charge is -2.02. The third kappa shape index (κ3) is 2.06. The van der Waals surface area contributed by atoms with Crippen LogP contribution in [0.15, 0.2) is 12.4 Å². The van der Waals surface area contributed by atoms with Crippen molar-refractivity contribution in [2.24, 2.45) is 5.73 Å². The number of carbonyl (C=O) groups is 1. The van der Waals surface area contributed by atoms with Gasteiger partial charge in [-0.25, -0.2) is 4.98 Å². The van der Waals surface area contributed by atoms with Crippen LogP contribution in [-0.2, 0) is 17.9 Å². The number of hydrogen-bond donors (Lipinski definition) is 2. The van der Waals surface area contributed by atoms with E-state index in [4.69, 9.17) is 10.8 Å². The molecule has 0 amide bonds. The summed E-state index contributed by atoms with van der Waals surface area (Å²) < 4.78 is 1.74. The Morgan fingerprint density at radius 3 is 3.08 bits per heavy atom. The molecule has 5 heteroatoms. The normalized spacial score (nSPS) is 10.1. The Bertz CT molecular complexity index is 269. The quantitative estimate of drug-likeness (QED) is 0.655. The van der Waals surface area contributed by atoms with Crippen LogP contribution in [0.5, 0.6) is 0 Å². The molecule has 12 heavy (non-hydrogen) atoms. The van der Waals surface area contributed by atoms with Gasteiger partial charge in [0, 0.05) is 18.9 Å². The first-order chi connectivity index (χ1) is 5.74. The standard InChI is InChI=1S/C7H11N3O2/c8-5-6-9-2-4-10(6)3-1-7(11)12/h2,4H,1,3,5,8H2,(H,11,12). The number of carboxylic acid groups (broad SMARTS) is 1. The minimum absolute atomic E-state index is 0.101. The lowest BCUT2D eigenvalue weighted by atomic mass is 10.4. The van der Waals surface area contributed by atoms with Gasteiger partial charge in [0.1, 0.15) is 5.82 Å². The van der Waals surface area contributed by atoms with E-state index in [9.17, 15) is 4.79 Å². The summed E-state index contributed by atoms with van der Waals surface area (Å²) in [6.45, 7) is 0.772. The van der Waals surface area contributed by atoms with Crippen LogP contribution in [0.2, 0.25) is 0 Å². The van der Waals surface area contributed by atoms with E-state index >= 15 is 0 Å². The van der Waals surface area contributed by atoms with Crippen molar-refractivity contribution in [1.82, 2.24) is 9.55 Å². The molecule has 0 saturated heterocycles. The molecule has 3 N–H and O–H groups in total. The summed E-state index contributed by atoms with van der Waals surface area (Å²) in [6.07, 6.45) is 3.44. The van der Waals surface area contributed by atoms with Gasteiger partial charge in [-0.05, 0) is 0 Å². The molecule has 1 heterocycles. The SMILES string of the molecule is NCc1nccn1CCC(=O)O. The number of carboxylic acids is 1.